The van der Waals surface area contributed by atoms with Gasteiger partial charge in [0.15, 0.2) is 0 Å². The van der Waals surface area contributed by atoms with Crippen LogP contribution in [0.2, 0.25) is 0 Å². The summed E-state index contributed by atoms with van der Waals surface area (Å²) >= 11 is 0. The lowest BCUT2D eigenvalue weighted by molar-refractivity contribution is 0.0901. The van der Waals surface area contributed by atoms with Crippen molar-refractivity contribution in [3.8, 4) is 0 Å². The van der Waals surface area contributed by atoms with Crippen LogP contribution in [0.3, 0.4) is 0 Å². The van der Waals surface area contributed by atoms with Crippen molar-refractivity contribution in [1.82, 2.24) is 19.6 Å². The molecule has 0 aliphatic rings. The van der Waals surface area contributed by atoms with Gasteiger partial charge >= 0.3 is 0 Å². The molecule has 0 amide bonds. The number of hydrogen-bond donors (Lipinski definition) is 0. The van der Waals surface area contributed by atoms with Crippen LogP contribution in [0.4, 0.5) is 0 Å². The van der Waals surface area contributed by atoms with Crippen LogP contribution in [-0.2, 0) is 9.47 Å². The van der Waals surface area contributed by atoms with Crippen molar-refractivity contribution in [1.29, 1.82) is 0 Å². The summed E-state index contributed by atoms with van der Waals surface area (Å²) in [4.78, 5) is 9.37. The maximum Gasteiger partial charge on any atom is 0.0593 e. The summed E-state index contributed by atoms with van der Waals surface area (Å²) in [5.74, 6) is 0. The molecule has 0 saturated heterocycles. The van der Waals surface area contributed by atoms with Gasteiger partial charge in [-0.1, -0.05) is 6.92 Å². The van der Waals surface area contributed by atoms with E-state index in [4.69, 9.17) is 9.47 Å². The third-order valence-corrected chi connectivity index (χ3v) is 4.39. The second-order valence-electron chi connectivity index (χ2n) is 6.76. The van der Waals surface area contributed by atoms with Gasteiger partial charge in [-0.3, -0.25) is 0 Å². The molecular formula is C18H42N4O2. The minimum absolute atomic E-state index is 0.812. The molecule has 0 radical (unpaired) electrons. The predicted molar refractivity (Wildman–Crippen MR) is 103 cm³/mol. The first kappa shape index (κ1) is 23.8. The van der Waals surface area contributed by atoms with Gasteiger partial charge in [-0.05, 0) is 41.2 Å². The Bertz CT molecular complexity index is 269. The number of hydrogen-bond acceptors (Lipinski definition) is 6. The summed E-state index contributed by atoms with van der Waals surface area (Å²) in [7, 11) is 10.4. The van der Waals surface area contributed by atoms with E-state index in [1.165, 1.54) is 0 Å². The van der Waals surface area contributed by atoms with E-state index >= 15 is 0 Å². The van der Waals surface area contributed by atoms with Crippen molar-refractivity contribution in [3.63, 3.8) is 0 Å². The van der Waals surface area contributed by atoms with Crippen molar-refractivity contribution in [2.24, 2.45) is 0 Å². The molecule has 0 unspecified atom stereocenters. The zero-order valence-electron chi connectivity index (χ0n) is 17.1. The lowest BCUT2D eigenvalue weighted by Crippen LogP contribution is -2.34. The Morgan fingerprint density at radius 3 is 1.50 bits per heavy atom. The highest BCUT2D eigenvalue weighted by molar-refractivity contribution is 4.58. The highest BCUT2D eigenvalue weighted by Crippen LogP contribution is 1.91. The average molecular weight is 347 g/mol. The van der Waals surface area contributed by atoms with Crippen LogP contribution < -0.4 is 0 Å². The second-order valence-corrected chi connectivity index (χ2v) is 6.76. The number of ether oxygens (including phenoxy) is 2. The van der Waals surface area contributed by atoms with Crippen LogP contribution in [0.1, 0.15) is 13.3 Å². The number of nitrogens with zero attached hydrogens (tertiary/aromatic N) is 4. The van der Waals surface area contributed by atoms with Crippen molar-refractivity contribution in [2.45, 2.75) is 13.3 Å². The fraction of sp³-hybridized carbons (Fsp3) is 1.00. The van der Waals surface area contributed by atoms with E-state index in [0.717, 1.165) is 78.6 Å². The first-order chi connectivity index (χ1) is 11.5. The van der Waals surface area contributed by atoms with E-state index in [1.54, 1.807) is 7.11 Å². The minimum atomic E-state index is 0.812. The molecule has 6 heteroatoms. The van der Waals surface area contributed by atoms with Gasteiger partial charge in [0.1, 0.15) is 0 Å². The van der Waals surface area contributed by atoms with Gasteiger partial charge in [0.25, 0.3) is 0 Å². The Labute approximate surface area is 150 Å². The Hall–Kier alpha value is -0.240. The summed E-state index contributed by atoms with van der Waals surface area (Å²) in [5.41, 5.74) is 0. The molecule has 0 spiro atoms. The number of likely N-dealkylation sites (N-methyl/N-ethyl adjacent to an activating group) is 4. The molecule has 146 valence electrons. The molecule has 0 aliphatic carbocycles. The maximum absolute atomic E-state index is 5.77. The molecule has 0 heterocycles. The normalized spacial score (nSPS) is 12.2. The molecule has 0 aromatic carbocycles. The van der Waals surface area contributed by atoms with Gasteiger partial charge < -0.3 is 29.1 Å². The van der Waals surface area contributed by atoms with Gasteiger partial charge in [-0.15, -0.1) is 0 Å². The highest BCUT2D eigenvalue weighted by Gasteiger charge is 2.03. The lowest BCUT2D eigenvalue weighted by Gasteiger charge is -2.22. The number of rotatable bonds is 17. The zero-order chi connectivity index (χ0) is 18.2. The van der Waals surface area contributed by atoms with Crippen LogP contribution in [-0.4, -0.2) is 127 Å². The van der Waals surface area contributed by atoms with E-state index in [2.05, 4.69) is 54.7 Å². The molecule has 0 fully saturated rings. The van der Waals surface area contributed by atoms with Crippen LogP contribution >= 0.6 is 0 Å². The Morgan fingerprint density at radius 1 is 0.583 bits per heavy atom. The predicted octanol–water partition coefficient (Wildman–Crippen LogP) is 0.787. The zero-order valence-corrected chi connectivity index (χ0v) is 17.1. The van der Waals surface area contributed by atoms with Gasteiger partial charge in [0, 0.05) is 59.5 Å². The van der Waals surface area contributed by atoms with Crippen LogP contribution in [0.15, 0.2) is 0 Å². The van der Waals surface area contributed by atoms with Crippen molar-refractivity contribution >= 4 is 0 Å². The molecule has 0 aromatic heterocycles. The summed E-state index contributed by atoms with van der Waals surface area (Å²) in [6.07, 6.45) is 1.10. The van der Waals surface area contributed by atoms with Crippen LogP contribution in [0.5, 0.6) is 0 Å². The molecule has 0 aromatic rings. The topological polar surface area (TPSA) is 31.4 Å². The average Bonchev–Trinajstić information content (AvgIpc) is 2.57. The Morgan fingerprint density at radius 2 is 1.04 bits per heavy atom. The van der Waals surface area contributed by atoms with E-state index < -0.39 is 0 Å². The molecule has 0 saturated carbocycles. The standard InChI is InChI=1S/C18H42N4O2/c1-7-19(2)10-11-21(4)14-17-24-18-15-22(5)13-12-20(3)9-8-16-23-6/h7-18H2,1-6H3. The quantitative estimate of drug-likeness (QED) is 0.362. The summed E-state index contributed by atoms with van der Waals surface area (Å²) in [6.45, 7) is 13.3. The molecule has 0 rings (SSSR count). The van der Waals surface area contributed by atoms with Gasteiger partial charge in [-0.2, -0.15) is 0 Å². The highest BCUT2D eigenvalue weighted by atomic mass is 16.5. The first-order valence-corrected chi connectivity index (χ1v) is 9.30. The van der Waals surface area contributed by atoms with Crippen molar-refractivity contribution < 1.29 is 9.47 Å². The molecule has 0 bridgehead atoms. The molecule has 0 N–H and O–H groups in total. The third kappa shape index (κ3) is 15.3. The summed E-state index contributed by atoms with van der Waals surface area (Å²) < 4.78 is 10.9. The fourth-order valence-corrected chi connectivity index (χ4v) is 2.20. The van der Waals surface area contributed by atoms with Crippen molar-refractivity contribution in [3.05, 3.63) is 0 Å². The van der Waals surface area contributed by atoms with Crippen molar-refractivity contribution in [2.75, 3.05) is 107 Å². The number of methoxy groups -OCH3 is 1. The minimum Gasteiger partial charge on any atom is -0.385 e. The van der Waals surface area contributed by atoms with E-state index in [1.807, 2.05) is 0 Å². The van der Waals surface area contributed by atoms with Gasteiger partial charge in [0.2, 0.25) is 0 Å². The lowest BCUT2D eigenvalue weighted by atomic mass is 10.4. The third-order valence-electron chi connectivity index (χ3n) is 4.39. The van der Waals surface area contributed by atoms with Gasteiger partial charge in [-0.25, -0.2) is 0 Å². The van der Waals surface area contributed by atoms with Gasteiger partial charge in [0.05, 0.1) is 13.2 Å². The summed E-state index contributed by atoms with van der Waals surface area (Å²) in [6, 6.07) is 0. The fourth-order valence-electron chi connectivity index (χ4n) is 2.20. The maximum atomic E-state index is 5.77. The molecular weight excluding hydrogens is 304 g/mol. The smallest absolute Gasteiger partial charge is 0.0593 e. The largest absolute Gasteiger partial charge is 0.385 e. The van der Waals surface area contributed by atoms with E-state index in [-0.39, 0.29) is 0 Å². The Balaban J connectivity index is 3.46. The van der Waals surface area contributed by atoms with Crippen LogP contribution in [0.25, 0.3) is 0 Å². The molecule has 0 aliphatic heterocycles. The SMILES string of the molecule is CCN(C)CCN(C)CCOCCN(C)CCN(C)CCCOC. The second kappa shape index (κ2) is 16.2. The molecule has 0 atom stereocenters. The monoisotopic (exact) mass is 346 g/mol. The molecule has 24 heavy (non-hydrogen) atoms. The van der Waals surface area contributed by atoms with E-state index in [0.29, 0.717) is 0 Å². The van der Waals surface area contributed by atoms with E-state index in [9.17, 15) is 0 Å². The molecule has 6 nitrogen and oxygen atoms in total. The first-order valence-electron chi connectivity index (χ1n) is 9.30. The summed E-state index contributed by atoms with van der Waals surface area (Å²) in [5, 5.41) is 0. The Kier molecular flexibility index (Phi) is 16.1. The van der Waals surface area contributed by atoms with Crippen LogP contribution in [0, 0.1) is 0 Å².